The lowest BCUT2D eigenvalue weighted by molar-refractivity contribution is -0.145. The van der Waals surface area contributed by atoms with E-state index in [0.29, 0.717) is 0 Å². The van der Waals surface area contributed by atoms with Crippen molar-refractivity contribution in [1.29, 1.82) is 0 Å². The van der Waals surface area contributed by atoms with Gasteiger partial charge >= 0.3 is 12.1 Å². The van der Waals surface area contributed by atoms with E-state index >= 15 is 0 Å². The second kappa shape index (κ2) is 6.28. The fourth-order valence-electron chi connectivity index (χ4n) is 1.26. The molecule has 0 radical (unpaired) electrons. The molecule has 0 aliphatic rings. The molecule has 1 N–H and O–H groups in total. The second-order valence-corrected chi connectivity index (χ2v) is 3.32. The van der Waals surface area contributed by atoms with E-state index in [9.17, 15) is 18.0 Å². The van der Waals surface area contributed by atoms with E-state index in [-0.39, 0.29) is 5.56 Å². The van der Waals surface area contributed by atoms with E-state index in [1.165, 1.54) is 0 Å². The minimum Gasteiger partial charge on any atom is -0.464 e. The van der Waals surface area contributed by atoms with Crippen LogP contribution in [0.2, 0.25) is 0 Å². The lowest BCUT2D eigenvalue weighted by Gasteiger charge is -2.10. The van der Waals surface area contributed by atoms with Gasteiger partial charge in [-0.15, -0.1) is 0 Å². The number of rotatable bonds is 4. The number of hydrogen-bond donors (Lipinski definition) is 1. The molecule has 0 fully saturated rings. The summed E-state index contributed by atoms with van der Waals surface area (Å²) in [7, 11) is 2.18. The summed E-state index contributed by atoms with van der Waals surface area (Å²) in [5.74, 6) is -2.41. The molecule has 1 rings (SSSR count). The van der Waals surface area contributed by atoms with Crippen LogP contribution in [-0.2, 0) is 27.2 Å². The maximum absolute atomic E-state index is 12.5. The highest BCUT2D eigenvalue weighted by atomic mass is 19.4. The summed E-state index contributed by atoms with van der Waals surface area (Å²) >= 11 is 0. The molecule has 0 aromatic carbocycles. The van der Waals surface area contributed by atoms with Crippen LogP contribution in [0.3, 0.4) is 0 Å². The summed E-state index contributed by atoms with van der Waals surface area (Å²) in [6.07, 6.45) is -4.05. The van der Waals surface area contributed by atoms with Crippen molar-refractivity contribution in [2.24, 2.45) is 5.16 Å². The van der Waals surface area contributed by atoms with Gasteiger partial charge in [-0.3, -0.25) is 0 Å². The largest absolute Gasteiger partial charge is 0.464 e. The zero-order chi connectivity index (χ0) is 15.3. The average molecular weight is 293 g/mol. The smallest absolute Gasteiger partial charge is 0.451 e. The Balaban J connectivity index is 3.37. The first-order chi connectivity index (χ1) is 9.35. The molecule has 7 nitrogen and oxygen atoms in total. The van der Waals surface area contributed by atoms with Crippen molar-refractivity contribution in [2.45, 2.75) is 12.8 Å². The fourth-order valence-corrected chi connectivity index (χ4v) is 1.26. The first kappa shape index (κ1) is 15.8. The third kappa shape index (κ3) is 3.41. The van der Waals surface area contributed by atoms with Crippen LogP contribution in [0.1, 0.15) is 17.1 Å². The molecule has 0 aliphatic heterocycles. The number of esters is 1. The number of carbonyl (C=O) groups is 1. The molecule has 1 aromatic heterocycles. The van der Waals surface area contributed by atoms with Crippen LogP contribution in [0.15, 0.2) is 11.4 Å². The van der Waals surface area contributed by atoms with Crippen LogP contribution in [0, 0.1) is 0 Å². The Kier molecular flexibility index (Phi) is 4.97. The van der Waals surface area contributed by atoms with Gasteiger partial charge in [-0.1, -0.05) is 5.16 Å². The molecule has 0 bridgehead atoms. The Morgan fingerprint density at radius 1 is 1.45 bits per heavy atom. The SMILES string of the molecule is CO/N=C(/C(=O)OC)c1cnc(C(F)(F)F)nc1CO. The number of oxime groups is 1. The van der Waals surface area contributed by atoms with Crippen LogP contribution < -0.4 is 0 Å². The van der Waals surface area contributed by atoms with Crippen LogP contribution in [0.25, 0.3) is 0 Å². The molecule has 20 heavy (non-hydrogen) atoms. The van der Waals surface area contributed by atoms with Crippen LogP contribution >= 0.6 is 0 Å². The Labute approximate surface area is 111 Å². The molecule has 0 unspecified atom stereocenters. The molecule has 0 atom stereocenters. The van der Waals surface area contributed by atoms with E-state index in [1.807, 2.05) is 0 Å². The standard InChI is InChI=1S/C10H10F3N3O4/c1-19-8(18)7(16-20-2)5-3-14-9(10(11,12)13)15-6(5)4-17/h3,17H,4H2,1-2H3/b16-7+. The first-order valence-corrected chi connectivity index (χ1v) is 5.09. The van der Waals surface area contributed by atoms with Crippen molar-refractivity contribution < 1.29 is 32.6 Å². The van der Waals surface area contributed by atoms with Crippen molar-refractivity contribution in [3.05, 3.63) is 23.3 Å². The van der Waals surface area contributed by atoms with Crippen LogP contribution in [0.4, 0.5) is 13.2 Å². The van der Waals surface area contributed by atoms with Crippen LogP contribution in [0.5, 0.6) is 0 Å². The second-order valence-electron chi connectivity index (χ2n) is 3.32. The van der Waals surface area contributed by atoms with Gasteiger partial charge in [-0.25, -0.2) is 14.8 Å². The highest BCUT2D eigenvalue weighted by Crippen LogP contribution is 2.26. The molecule has 1 aromatic rings. The molecular formula is C10H10F3N3O4. The fraction of sp³-hybridized carbons (Fsp3) is 0.400. The van der Waals surface area contributed by atoms with E-state index in [1.54, 1.807) is 0 Å². The topological polar surface area (TPSA) is 93.9 Å². The highest BCUT2D eigenvalue weighted by molar-refractivity contribution is 6.43. The molecule has 1 heterocycles. The van der Waals surface area contributed by atoms with E-state index in [0.717, 1.165) is 20.4 Å². The average Bonchev–Trinajstić information content (AvgIpc) is 2.42. The zero-order valence-corrected chi connectivity index (χ0v) is 10.4. The number of hydrogen-bond acceptors (Lipinski definition) is 7. The maximum Gasteiger partial charge on any atom is 0.451 e. The van der Waals surface area contributed by atoms with Gasteiger partial charge in [-0.2, -0.15) is 13.2 Å². The Bertz CT molecular complexity index is 531. The summed E-state index contributed by atoms with van der Waals surface area (Å²) in [5.41, 5.74) is -1.09. The van der Waals surface area contributed by atoms with E-state index in [4.69, 9.17) is 5.11 Å². The number of halogens is 3. The predicted octanol–water partition coefficient (Wildman–Crippen LogP) is 0.511. The van der Waals surface area contributed by atoms with Crippen molar-refractivity contribution in [3.63, 3.8) is 0 Å². The zero-order valence-electron chi connectivity index (χ0n) is 10.4. The quantitative estimate of drug-likeness (QED) is 0.494. The molecule has 0 spiro atoms. The summed E-state index contributed by atoms with van der Waals surface area (Å²) in [6, 6.07) is 0. The first-order valence-electron chi connectivity index (χ1n) is 5.09. The number of ether oxygens (including phenoxy) is 1. The predicted molar refractivity (Wildman–Crippen MR) is 58.5 cm³/mol. The summed E-state index contributed by atoms with van der Waals surface area (Å²) in [4.78, 5) is 22.1. The number of aliphatic hydroxyl groups is 1. The monoisotopic (exact) mass is 293 g/mol. The van der Waals surface area contributed by atoms with E-state index in [2.05, 4.69) is 24.7 Å². The van der Waals surface area contributed by atoms with Gasteiger partial charge in [-0.05, 0) is 0 Å². The number of aliphatic hydroxyl groups excluding tert-OH is 1. The van der Waals surface area contributed by atoms with Crippen LogP contribution in [-0.4, -0.2) is 41.0 Å². The van der Waals surface area contributed by atoms with Gasteiger partial charge in [0, 0.05) is 6.20 Å². The van der Waals surface area contributed by atoms with Gasteiger partial charge in [0.1, 0.15) is 7.11 Å². The van der Waals surface area contributed by atoms with Crippen molar-refractivity contribution >= 4 is 11.7 Å². The number of aromatic nitrogens is 2. The molecule has 110 valence electrons. The van der Waals surface area contributed by atoms with Gasteiger partial charge in [0.2, 0.25) is 5.82 Å². The minimum absolute atomic E-state index is 0.214. The van der Waals surface area contributed by atoms with Gasteiger partial charge in [0.25, 0.3) is 0 Å². The molecule has 10 heteroatoms. The lowest BCUT2D eigenvalue weighted by Crippen LogP contribution is -2.22. The maximum atomic E-state index is 12.5. The lowest BCUT2D eigenvalue weighted by atomic mass is 10.1. The highest BCUT2D eigenvalue weighted by Gasteiger charge is 2.35. The molecule has 0 amide bonds. The third-order valence-electron chi connectivity index (χ3n) is 2.09. The molecule has 0 aliphatic carbocycles. The Morgan fingerprint density at radius 3 is 2.55 bits per heavy atom. The Morgan fingerprint density at radius 2 is 2.10 bits per heavy atom. The summed E-state index contributed by atoms with van der Waals surface area (Å²) in [5, 5.41) is 12.4. The number of carbonyl (C=O) groups excluding carboxylic acids is 1. The van der Waals surface area contributed by atoms with Crippen molar-refractivity contribution in [2.75, 3.05) is 14.2 Å². The third-order valence-corrected chi connectivity index (χ3v) is 2.09. The van der Waals surface area contributed by atoms with Crippen molar-refractivity contribution in [3.8, 4) is 0 Å². The normalized spacial score (nSPS) is 12.2. The molecular weight excluding hydrogens is 283 g/mol. The number of nitrogens with zero attached hydrogens (tertiary/aromatic N) is 3. The molecule has 0 saturated heterocycles. The van der Waals surface area contributed by atoms with E-state index < -0.39 is 36.0 Å². The molecule has 0 saturated carbocycles. The van der Waals surface area contributed by atoms with Crippen molar-refractivity contribution in [1.82, 2.24) is 9.97 Å². The Hall–Kier alpha value is -2.23. The van der Waals surface area contributed by atoms with Gasteiger partial charge in [0.05, 0.1) is 25.0 Å². The number of methoxy groups -OCH3 is 1. The summed E-state index contributed by atoms with van der Waals surface area (Å²) in [6.45, 7) is -0.847. The summed E-state index contributed by atoms with van der Waals surface area (Å²) < 4.78 is 41.8. The van der Waals surface area contributed by atoms with Gasteiger partial charge in [0.15, 0.2) is 5.71 Å². The minimum atomic E-state index is -4.77. The van der Waals surface area contributed by atoms with Gasteiger partial charge < -0.3 is 14.7 Å². The number of alkyl halides is 3.